The van der Waals surface area contributed by atoms with Gasteiger partial charge in [0.15, 0.2) is 5.78 Å². The molecule has 4 rings (SSSR count). The van der Waals surface area contributed by atoms with Gasteiger partial charge in [-0.2, -0.15) is 0 Å². The monoisotopic (exact) mass is 262 g/mol. The molecule has 4 heteroatoms. The van der Waals surface area contributed by atoms with Gasteiger partial charge in [0.1, 0.15) is 5.41 Å². The third kappa shape index (κ3) is 1.12. The van der Waals surface area contributed by atoms with Crippen molar-refractivity contribution < 1.29 is 19.1 Å². The minimum absolute atomic E-state index is 0.00986. The Kier molecular flexibility index (Phi) is 1.95. The molecule has 2 heterocycles. The molecule has 1 spiro atoms. The Hall–Kier alpha value is -1.32. The highest BCUT2D eigenvalue weighted by Gasteiger charge is 2.73. The predicted octanol–water partition coefficient (Wildman–Crippen LogP) is 2.19. The Morgan fingerprint density at radius 3 is 2.84 bits per heavy atom. The molecular formula is C15H18O4. The second-order valence-corrected chi connectivity index (χ2v) is 6.95. The van der Waals surface area contributed by atoms with Gasteiger partial charge in [0.2, 0.25) is 0 Å². The van der Waals surface area contributed by atoms with Crippen LogP contribution in [0.15, 0.2) is 11.8 Å². The Labute approximate surface area is 112 Å². The van der Waals surface area contributed by atoms with Gasteiger partial charge in [0.05, 0.1) is 12.2 Å². The van der Waals surface area contributed by atoms with Gasteiger partial charge in [-0.05, 0) is 36.2 Å². The maximum absolute atomic E-state index is 12.7. The standard InChI is InChI=1S/C15H18O4/c1-14(2)6-5-10(16)15-9(14)4-3-8-7-18-12(11(8)15)19-13(15)17/h7,9,11-12H,3-6H2,1-2H3/t9-,11+,12+,15-/m0/s1. The maximum atomic E-state index is 12.7. The summed E-state index contributed by atoms with van der Waals surface area (Å²) in [7, 11) is 0. The van der Waals surface area contributed by atoms with Crippen LogP contribution in [0.4, 0.5) is 0 Å². The number of ketones is 1. The number of hydrogen-bond donors (Lipinski definition) is 0. The van der Waals surface area contributed by atoms with Crippen LogP contribution >= 0.6 is 0 Å². The van der Waals surface area contributed by atoms with E-state index in [2.05, 4.69) is 13.8 Å². The fraction of sp³-hybridized carbons (Fsp3) is 0.733. The van der Waals surface area contributed by atoms with Crippen molar-refractivity contribution in [1.82, 2.24) is 0 Å². The van der Waals surface area contributed by atoms with Crippen LogP contribution in [0.25, 0.3) is 0 Å². The van der Waals surface area contributed by atoms with Crippen molar-refractivity contribution in [3.8, 4) is 0 Å². The van der Waals surface area contributed by atoms with Crippen LogP contribution in [0.2, 0.25) is 0 Å². The third-order valence-electron chi connectivity index (χ3n) is 5.75. The van der Waals surface area contributed by atoms with Crippen LogP contribution in [-0.2, 0) is 19.1 Å². The molecule has 0 radical (unpaired) electrons. The number of carbonyl (C=O) groups excluding carboxylic acids is 2. The minimum atomic E-state index is -0.951. The maximum Gasteiger partial charge on any atom is 0.323 e. The second kappa shape index (κ2) is 3.22. The van der Waals surface area contributed by atoms with Gasteiger partial charge in [0.25, 0.3) is 6.29 Å². The second-order valence-electron chi connectivity index (χ2n) is 6.95. The largest absolute Gasteiger partial charge is 0.462 e. The van der Waals surface area contributed by atoms with Crippen molar-refractivity contribution in [2.45, 2.75) is 45.8 Å². The van der Waals surface area contributed by atoms with Crippen LogP contribution in [0, 0.1) is 22.7 Å². The average Bonchev–Trinajstić information content (AvgIpc) is 2.89. The van der Waals surface area contributed by atoms with Crippen molar-refractivity contribution in [1.29, 1.82) is 0 Å². The molecular weight excluding hydrogens is 244 g/mol. The average molecular weight is 262 g/mol. The number of Topliss-reactive ketones (excluding diaryl/α,β-unsaturated/α-hetero) is 1. The molecule has 0 unspecified atom stereocenters. The molecule has 2 aliphatic carbocycles. The molecule has 0 aromatic heterocycles. The van der Waals surface area contributed by atoms with E-state index in [4.69, 9.17) is 9.47 Å². The Balaban J connectivity index is 1.93. The molecule has 1 saturated heterocycles. The van der Waals surface area contributed by atoms with Crippen LogP contribution in [0.1, 0.15) is 39.5 Å². The number of carbonyl (C=O) groups is 2. The molecule has 4 aliphatic rings. The molecule has 0 aromatic rings. The SMILES string of the molecule is CC1(C)CCC(=O)[C@@]23C(=O)O[C@H]4OC=C(CC[C@@H]12)[C@H]43. The predicted molar refractivity (Wildman–Crippen MR) is 65.7 cm³/mol. The van der Waals surface area contributed by atoms with Crippen LogP contribution in [0.5, 0.6) is 0 Å². The first-order chi connectivity index (χ1) is 8.98. The van der Waals surface area contributed by atoms with Gasteiger partial charge in [0, 0.05) is 6.42 Å². The highest BCUT2D eigenvalue weighted by Crippen LogP contribution is 2.65. The van der Waals surface area contributed by atoms with E-state index >= 15 is 0 Å². The number of ether oxygens (including phenoxy) is 2. The van der Waals surface area contributed by atoms with Gasteiger partial charge >= 0.3 is 5.97 Å². The minimum Gasteiger partial charge on any atom is -0.462 e. The van der Waals surface area contributed by atoms with Gasteiger partial charge in [-0.25, -0.2) is 0 Å². The van der Waals surface area contributed by atoms with E-state index in [1.807, 2.05) is 0 Å². The number of hydrogen-bond acceptors (Lipinski definition) is 4. The smallest absolute Gasteiger partial charge is 0.323 e. The first kappa shape index (κ1) is 11.5. The molecule has 0 bridgehead atoms. The first-order valence-corrected chi connectivity index (χ1v) is 7.07. The molecule has 0 N–H and O–H groups in total. The lowest BCUT2D eigenvalue weighted by Gasteiger charge is -2.51. The molecule has 4 atom stereocenters. The summed E-state index contributed by atoms with van der Waals surface area (Å²) < 4.78 is 10.9. The van der Waals surface area contributed by atoms with E-state index in [-0.39, 0.29) is 29.0 Å². The lowest BCUT2D eigenvalue weighted by Crippen LogP contribution is -2.58. The highest BCUT2D eigenvalue weighted by atomic mass is 16.7. The van der Waals surface area contributed by atoms with Crippen molar-refractivity contribution in [2.75, 3.05) is 0 Å². The van der Waals surface area contributed by atoms with Crippen molar-refractivity contribution in [2.24, 2.45) is 22.7 Å². The topological polar surface area (TPSA) is 52.6 Å². The number of esters is 1. The molecule has 0 amide bonds. The normalized spacial score (nSPS) is 46.0. The van der Waals surface area contributed by atoms with Crippen LogP contribution < -0.4 is 0 Å². The quantitative estimate of drug-likeness (QED) is 0.496. The fourth-order valence-electron chi connectivity index (χ4n) is 4.83. The zero-order valence-electron chi connectivity index (χ0n) is 11.3. The summed E-state index contributed by atoms with van der Waals surface area (Å²) in [5, 5.41) is 0. The zero-order valence-corrected chi connectivity index (χ0v) is 11.3. The van der Waals surface area contributed by atoms with Crippen molar-refractivity contribution >= 4 is 11.8 Å². The summed E-state index contributed by atoms with van der Waals surface area (Å²) in [5.74, 6) is -0.338. The molecule has 0 aromatic carbocycles. The number of rotatable bonds is 0. The highest BCUT2D eigenvalue weighted by molar-refractivity contribution is 6.07. The van der Waals surface area contributed by atoms with Gasteiger partial charge in [-0.1, -0.05) is 13.8 Å². The van der Waals surface area contributed by atoms with E-state index < -0.39 is 11.7 Å². The van der Waals surface area contributed by atoms with Crippen molar-refractivity contribution in [3.63, 3.8) is 0 Å². The summed E-state index contributed by atoms with van der Waals surface area (Å²) in [6, 6.07) is 0. The van der Waals surface area contributed by atoms with E-state index in [9.17, 15) is 9.59 Å². The van der Waals surface area contributed by atoms with Gasteiger partial charge in [-0.3, -0.25) is 9.59 Å². The van der Waals surface area contributed by atoms with E-state index in [0.717, 1.165) is 24.8 Å². The summed E-state index contributed by atoms with van der Waals surface area (Å²) in [5.41, 5.74) is 0.154. The van der Waals surface area contributed by atoms with Gasteiger partial charge in [-0.15, -0.1) is 0 Å². The van der Waals surface area contributed by atoms with E-state index in [1.54, 1.807) is 6.26 Å². The van der Waals surface area contributed by atoms with E-state index in [0.29, 0.717) is 6.42 Å². The first-order valence-electron chi connectivity index (χ1n) is 7.07. The summed E-state index contributed by atoms with van der Waals surface area (Å²) in [6.45, 7) is 4.36. The Bertz CT molecular complexity index is 508. The molecule has 2 saturated carbocycles. The third-order valence-corrected chi connectivity index (χ3v) is 5.75. The molecule has 2 aliphatic heterocycles. The Morgan fingerprint density at radius 2 is 2.05 bits per heavy atom. The summed E-state index contributed by atoms with van der Waals surface area (Å²) in [6.07, 6.45) is 4.31. The van der Waals surface area contributed by atoms with Gasteiger partial charge < -0.3 is 9.47 Å². The van der Waals surface area contributed by atoms with Crippen LogP contribution in [-0.4, -0.2) is 18.0 Å². The molecule has 19 heavy (non-hydrogen) atoms. The lowest BCUT2D eigenvalue weighted by atomic mass is 9.47. The zero-order chi connectivity index (χ0) is 13.4. The fourth-order valence-corrected chi connectivity index (χ4v) is 4.83. The van der Waals surface area contributed by atoms with Crippen molar-refractivity contribution in [3.05, 3.63) is 11.8 Å². The van der Waals surface area contributed by atoms with E-state index in [1.165, 1.54) is 0 Å². The molecule has 3 fully saturated rings. The summed E-state index contributed by atoms with van der Waals surface area (Å²) in [4.78, 5) is 25.2. The molecule has 102 valence electrons. The lowest BCUT2D eigenvalue weighted by molar-refractivity contribution is -0.168. The summed E-state index contributed by atoms with van der Waals surface area (Å²) >= 11 is 0. The van der Waals surface area contributed by atoms with Crippen LogP contribution in [0.3, 0.4) is 0 Å². The molecule has 4 nitrogen and oxygen atoms in total. The Morgan fingerprint density at radius 1 is 1.26 bits per heavy atom.